The molecule has 1 aliphatic heterocycles. The molecule has 0 saturated heterocycles. The first kappa shape index (κ1) is 21.1. The minimum Gasteiger partial charge on any atom is -0.382 e. The molecule has 0 aromatic heterocycles. The van der Waals surface area contributed by atoms with E-state index in [9.17, 15) is 4.79 Å². The van der Waals surface area contributed by atoms with Gasteiger partial charge in [0.15, 0.2) is 5.84 Å². The molecular weight excluding hydrogens is 386 g/mol. The normalized spacial score (nSPS) is 18.1. The second kappa shape index (κ2) is 8.92. The molecule has 162 valence electrons. The van der Waals surface area contributed by atoms with Gasteiger partial charge in [-0.05, 0) is 36.0 Å². The summed E-state index contributed by atoms with van der Waals surface area (Å²) in [6.45, 7) is 2.74. The number of nitrogens with two attached hydrogens (primary N) is 2. The zero-order valence-electron chi connectivity index (χ0n) is 18.2. The van der Waals surface area contributed by atoms with Gasteiger partial charge in [0.2, 0.25) is 0 Å². The molecule has 0 bridgehead atoms. The molecule has 1 fully saturated rings. The van der Waals surface area contributed by atoms with Crippen LogP contribution < -0.4 is 11.6 Å². The number of hydrogen-bond donors (Lipinski definition) is 2. The van der Waals surface area contributed by atoms with E-state index in [-0.39, 0.29) is 5.91 Å². The van der Waals surface area contributed by atoms with Crippen molar-refractivity contribution in [3.63, 3.8) is 0 Å². The van der Waals surface area contributed by atoms with Crippen molar-refractivity contribution in [1.29, 1.82) is 0 Å². The van der Waals surface area contributed by atoms with E-state index < -0.39 is 5.54 Å². The van der Waals surface area contributed by atoms with Crippen molar-refractivity contribution in [3.05, 3.63) is 59.7 Å². The molecule has 1 aliphatic carbocycles. The Hall–Kier alpha value is -3.15. The van der Waals surface area contributed by atoms with E-state index in [4.69, 9.17) is 16.6 Å². The molecular formula is C25H31N5O. The van der Waals surface area contributed by atoms with Gasteiger partial charge < -0.3 is 11.6 Å². The molecule has 2 aromatic carbocycles. The summed E-state index contributed by atoms with van der Waals surface area (Å²) in [6, 6.07) is 16.1. The minimum atomic E-state index is -0.485. The summed E-state index contributed by atoms with van der Waals surface area (Å²) in [5.74, 6) is 6.86. The quantitative estimate of drug-likeness (QED) is 0.306. The zero-order chi connectivity index (χ0) is 21.8. The van der Waals surface area contributed by atoms with Crippen LogP contribution in [0.5, 0.6) is 0 Å². The molecule has 1 saturated carbocycles. The molecule has 0 unspecified atom stereocenters. The van der Waals surface area contributed by atoms with Gasteiger partial charge in [-0.25, -0.2) is 0 Å². The maximum absolute atomic E-state index is 13.3. The van der Waals surface area contributed by atoms with Crippen molar-refractivity contribution in [2.45, 2.75) is 64.0 Å². The van der Waals surface area contributed by atoms with Crippen LogP contribution in [0.15, 0.2) is 58.6 Å². The highest BCUT2D eigenvalue weighted by Gasteiger charge is 2.49. The van der Waals surface area contributed by atoms with Gasteiger partial charge in [0.1, 0.15) is 11.4 Å². The van der Waals surface area contributed by atoms with Crippen LogP contribution in [0.1, 0.15) is 63.0 Å². The number of carbonyl (C=O) groups excluding carboxylic acids is 1. The fourth-order valence-electron chi connectivity index (χ4n) is 4.70. The van der Waals surface area contributed by atoms with E-state index in [1.165, 1.54) is 0 Å². The fourth-order valence-corrected chi connectivity index (χ4v) is 4.70. The molecule has 2 aromatic rings. The number of nitrogens with zero attached hydrogens (tertiary/aromatic N) is 3. The van der Waals surface area contributed by atoms with Crippen molar-refractivity contribution < 1.29 is 4.79 Å². The van der Waals surface area contributed by atoms with Gasteiger partial charge in [-0.3, -0.25) is 14.7 Å². The van der Waals surface area contributed by atoms with Crippen molar-refractivity contribution in [2.75, 3.05) is 0 Å². The van der Waals surface area contributed by atoms with E-state index in [1.807, 2.05) is 29.2 Å². The lowest BCUT2D eigenvalue weighted by atomic mass is 9.97. The van der Waals surface area contributed by atoms with Gasteiger partial charge in [0.25, 0.3) is 5.91 Å². The number of hydrazone groups is 1. The predicted molar refractivity (Wildman–Crippen MR) is 125 cm³/mol. The largest absolute Gasteiger partial charge is 0.382 e. The molecule has 1 heterocycles. The van der Waals surface area contributed by atoms with Gasteiger partial charge in [-0.1, -0.05) is 74.7 Å². The Bertz CT molecular complexity index is 1000. The smallest absolute Gasteiger partial charge is 0.256 e. The van der Waals surface area contributed by atoms with Gasteiger partial charge >= 0.3 is 0 Å². The first-order valence-corrected chi connectivity index (χ1v) is 11.2. The van der Waals surface area contributed by atoms with E-state index in [0.29, 0.717) is 12.4 Å². The molecule has 1 amide bonds. The number of unbranched alkanes of at least 4 members (excludes halogenated alkanes) is 1. The average Bonchev–Trinajstić information content (AvgIpc) is 3.38. The number of amides is 1. The highest BCUT2D eigenvalue weighted by molar-refractivity contribution is 6.08. The Kier molecular flexibility index (Phi) is 6.07. The monoisotopic (exact) mass is 417 g/mol. The summed E-state index contributed by atoms with van der Waals surface area (Å²) in [7, 11) is 0. The van der Waals surface area contributed by atoms with Crippen LogP contribution in [0.4, 0.5) is 0 Å². The van der Waals surface area contributed by atoms with Gasteiger partial charge in [0.05, 0.1) is 6.54 Å². The van der Waals surface area contributed by atoms with Crippen molar-refractivity contribution in [1.82, 2.24) is 4.90 Å². The Morgan fingerprint density at radius 2 is 1.84 bits per heavy atom. The minimum absolute atomic E-state index is 0.192. The second-order valence-corrected chi connectivity index (χ2v) is 8.52. The van der Waals surface area contributed by atoms with E-state index in [1.54, 1.807) is 0 Å². The summed E-state index contributed by atoms with van der Waals surface area (Å²) >= 11 is 0. The lowest BCUT2D eigenvalue weighted by Gasteiger charge is -2.23. The lowest BCUT2D eigenvalue weighted by Crippen LogP contribution is -2.40. The van der Waals surface area contributed by atoms with Crippen LogP contribution >= 0.6 is 0 Å². The summed E-state index contributed by atoms with van der Waals surface area (Å²) in [4.78, 5) is 20.2. The first-order chi connectivity index (χ1) is 15.1. The molecule has 4 rings (SSSR count). The third-order valence-electron chi connectivity index (χ3n) is 6.43. The van der Waals surface area contributed by atoms with Crippen LogP contribution in [0.25, 0.3) is 11.1 Å². The SMILES string of the molecule is CCCCC1=NC2(CCCC2)C(=O)N1Cc1ccc(-c2ccccc2/C(N)=N/N)cc1. The fraction of sp³-hybridized carbons (Fsp3) is 0.400. The molecule has 0 radical (unpaired) electrons. The van der Waals surface area contributed by atoms with Crippen LogP contribution in [0.2, 0.25) is 0 Å². The van der Waals surface area contributed by atoms with Gasteiger partial charge in [0, 0.05) is 12.0 Å². The highest BCUT2D eigenvalue weighted by Crippen LogP contribution is 2.40. The highest BCUT2D eigenvalue weighted by atomic mass is 16.2. The van der Waals surface area contributed by atoms with Crippen molar-refractivity contribution in [3.8, 4) is 11.1 Å². The van der Waals surface area contributed by atoms with Crippen LogP contribution in [-0.2, 0) is 11.3 Å². The Labute approximate surface area is 184 Å². The Balaban J connectivity index is 1.56. The number of rotatable bonds is 7. The summed E-state index contributed by atoms with van der Waals surface area (Å²) in [5, 5.41) is 3.64. The lowest BCUT2D eigenvalue weighted by molar-refractivity contribution is -0.131. The second-order valence-electron chi connectivity index (χ2n) is 8.52. The first-order valence-electron chi connectivity index (χ1n) is 11.2. The van der Waals surface area contributed by atoms with Crippen LogP contribution in [0.3, 0.4) is 0 Å². The third-order valence-corrected chi connectivity index (χ3v) is 6.43. The number of aliphatic imine (C=N–C) groups is 1. The van der Waals surface area contributed by atoms with Gasteiger partial charge in [-0.15, -0.1) is 0 Å². The Morgan fingerprint density at radius 3 is 2.52 bits per heavy atom. The summed E-state index contributed by atoms with van der Waals surface area (Å²) < 4.78 is 0. The molecule has 6 heteroatoms. The molecule has 31 heavy (non-hydrogen) atoms. The Morgan fingerprint density at radius 1 is 1.13 bits per heavy atom. The molecule has 2 aliphatic rings. The van der Waals surface area contributed by atoms with E-state index >= 15 is 0 Å². The third kappa shape index (κ3) is 4.07. The van der Waals surface area contributed by atoms with E-state index in [0.717, 1.165) is 73.0 Å². The summed E-state index contributed by atoms with van der Waals surface area (Å²) in [5.41, 5.74) is 9.40. The van der Waals surface area contributed by atoms with E-state index in [2.05, 4.69) is 36.3 Å². The average molecular weight is 418 g/mol. The molecule has 4 N–H and O–H groups in total. The standard InChI is InChI=1S/C25H31N5O/c1-2-3-10-22-28-25(15-6-7-16-25)24(31)30(22)17-18-11-13-19(14-12-18)20-8-4-5-9-21(20)23(26)29-27/h4-5,8-9,11-14H,2-3,6-7,10,15-17,27H2,1H3,(H2,26,29). The molecule has 1 spiro atoms. The number of carbonyl (C=O) groups is 1. The number of amidine groups is 2. The molecule has 6 nitrogen and oxygen atoms in total. The van der Waals surface area contributed by atoms with Crippen LogP contribution in [0, 0.1) is 0 Å². The van der Waals surface area contributed by atoms with Crippen LogP contribution in [-0.4, -0.2) is 28.0 Å². The predicted octanol–water partition coefficient (Wildman–Crippen LogP) is 4.18. The number of benzene rings is 2. The maximum Gasteiger partial charge on any atom is 0.256 e. The van der Waals surface area contributed by atoms with Gasteiger partial charge in [-0.2, -0.15) is 5.10 Å². The zero-order valence-corrected chi connectivity index (χ0v) is 18.2. The van der Waals surface area contributed by atoms with Crippen molar-refractivity contribution in [2.24, 2.45) is 21.7 Å². The summed E-state index contributed by atoms with van der Waals surface area (Å²) in [6.07, 6.45) is 6.97. The topological polar surface area (TPSA) is 97.1 Å². The van der Waals surface area contributed by atoms with Crippen molar-refractivity contribution >= 4 is 17.6 Å². The maximum atomic E-state index is 13.3. The molecule has 0 atom stereocenters. The number of hydrogen-bond acceptors (Lipinski definition) is 4.